The van der Waals surface area contributed by atoms with Crippen LogP contribution in [-0.4, -0.2) is 28.2 Å². The van der Waals surface area contributed by atoms with Gasteiger partial charge in [0.25, 0.3) is 0 Å². The Morgan fingerprint density at radius 2 is 2.27 bits per heavy atom. The van der Waals surface area contributed by atoms with E-state index < -0.39 is 5.97 Å². The molecule has 1 atom stereocenters. The second-order valence-corrected chi connectivity index (χ2v) is 8.51. The van der Waals surface area contributed by atoms with E-state index in [4.69, 9.17) is 9.47 Å². The van der Waals surface area contributed by atoms with Crippen molar-refractivity contribution in [3.63, 3.8) is 0 Å². The Morgan fingerprint density at radius 3 is 3.00 bits per heavy atom. The fraction of sp³-hybridized carbons (Fsp3) is 0.348. The minimum Gasteiger partial charge on any atom is -0.454 e. The normalized spacial score (nSPS) is 16.7. The lowest BCUT2D eigenvalue weighted by Crippen LogP contribution is -2.16. The molecule has 1 aliphatic heterocycles. The fourth-order valence-electron chi connectivity index (χ4n) is 3.73. The van der Waals surface area contributed by atoms with Crippen LogP contribution in [0.5, 0.6) is 0 Å². The minimum absolute atomic E-state index is 0.0199. The van der Waals surface area contributed by atoms with E-state index in [9.17, 15) is 10.1 Å². The first-order valence-corrected chi connectivity index (χ1v) is 10.8. The van der Waals surface area contributed by atoms with Crippen molar-refractivity contribution >= 4 is 33.6 Å². The van der Waals surface area contributed by atoms with E-state index in [-0.39, 0.29) is 18.3 Å². The van der Waals surface area contributed by atoms with Crippen LogP contribution in [0.2, 0.25) is 0 Å². The third-order valence-electron chi connectivity index (χ3n) is 5.33. The summed E-state index contributed by atoms with van der Waals surface area (Å²) in [4.78, 5) is 16.9. The van der Waals surface area contributed by atoms with Crippen molar-refractivity contribution in [1.29, 1.82) is 5.26 Å². The van der Waals surface area contributed by atoms with Crippen LogP contribution in [0.3, 0.4) is 0 Å². The number of esters is 1. The molecule has 0 saturated carbocycles. The Balaban J connectivity index is 1.47. The van der Waals surface area contributed by atoms with Gasteiger partial charge in [0.1, 0.15) is 23.3 Å². The number of hydrogen-bond donors (Lipinski definition) is 0. The van der Waals surface area contributed by atoms with Gasteiger partial charge >= 0.3 is 5.97 Å². The van der Waals surface area contributed by atoms with Gasteiger partial charge in [-0.3, -0.25) is 0 Å². The molecule has 0 aliphatic carbocycles. The van der Waals surface area contributed by atoms with Crippen molar-refractivity contribution in [3.8, 4) is 6.07 Å². The van der Waals surface area contributed by atoms with Crippen LogP contribution in [0.15, 0.2) is 35.9 Å². The number of benzene rings is 1. The zero-order valence-electron chi connectivity index (χ0n) is 17.1. The number of carbonyl (C=O) groups excluding carboxylic acids is 1. The molecule has 0 unspecified atom stereocenters. The molecule has 1 saturated heterocycles. The molecule has 30 heavy (non-hydrogen) atoms. The van der Waals surface area contributed by atoms with Gasteiger partial charge in [-0.2, -0.15) is 5.26 Å². The predicted molar refractivity (Wildman–Crippen MR) is 116 cm³/mol. The summed E-state index contributed by atoms with van der Waals surface area (Å²) in [7, 11) is 0. The molecule has 0 bridgehead atoms. The number of nitriles is 1. The van der Waals surface area contributed by atoms with Crippen LogP contribution in [-0.2, 0) is 27.4 Å². The topological polar surface area (TPSA) is 77.1 Å². The molecule has 0 radical (unpaired) electrons. The lowest BCUT2D eigenvalue weighted by Gasteiger charge is -2.14. The van der Waals surface area contributed by atoms with Crippen LogP contribution in [0.4, 0.5) is 0 Å². The first kappa shape index (κ1) is 20.3. The van der Waals surface area contributed by atoms with Gasteiger partial charge in [-0.25, -0.2) is 9.78 Å². The highest BCUT2D eigenvalue weighted by atomic mass is 32.1. The number of ether oxygens (including phenoxy) is 2. The molecule has 3 heterocycles. The summed E-state index contributed by atoms with van der Waals surface area (Å²) in [6.45, 7) is 5.67. The summed E-state index contributed by atoms with van der Waals surface area (Å²) >= 11 is 1.48. The van der Waals surface area contributed by atoms with Crippen molar-refractivity contribution in [1.82, 2.24) is 9.55 Å². The Bertz CT molecular complexity index is 1110. The number of rotatable bonds is 6. The van der Waals surface area contributed by atoms with Gasteiger partial charge < -0.3 is 14.0 Å². The molecule has 1 fully saturated rings. The molecule has 7 heteroatoms. The SMILES string of the molecule is Cc1cc(/C=C(\C#N)C(=O)OCc2nc3ccccc3s2)c(C)n1C[C@@H]1CCCO1. The number of aryl methyl sites for hydroxylation is 1. The summed E-state index contributed by atoms with van der Waals surface area (Å²) < 4.78 is 14.3. The maximum absolute atomic E-state index is 12.5. The van der Waals surface area contributed by atoms with Crippen LogP contribution in [0.25, 0.3) is 16.3 Å². The molecule has 0 N–H and O–H groups in total. The fourth-order valence-corrected chi connectivity index (χ4v) is 4.61. The first-order valence-electron chi connectivity index (χ1n) is 9.97. The molecule has 154 valence electrons. The van der Waals surface area contributed by atoms with Gasteiger partial charge in [-0.05, 0) is 56.5 Å². The number of hydrogen-bond acceptors (Lipinski definition) is 6. The standard InChI is InChI=1S/C23H23N3O3S/c1-15-10-17(16(2)26(15)13-19-6-5-9-28-19)11-18(12-24)23(27)29-14-22-25-20-7-3-4-8-21(20)30-22/h3-4,7-8,10-11,19H,5-6,9,13-14H2,1-2H3/b18-11+/t19-/m0/s1. The maximum atomic E-state index is 12.5. The van der Waals surface area contributed by atoms with E-state index >= 15 is 0 Å². The highest BCUT2D eigenvalue weighted by Crippen LogP contribution is 2.24. The van der Waals surface area contributed by atoms with Gasteiger partial charge in [0.15, 0.2) is 0 Å². The number of para-hydroxylation sites is 1. The molecule has 6 nitrogen and oxygen atoms in total. The minimum atomic E-state index is -0.638. The van der Waals surface area contributed by atoms with Gasteiger partial charge in [0.05, 0.1) is 16.3 Å². The maximum Gasteiger partial charge on any atom is 0.349 e. The Hall–Kier alpha value is -2.95. The number of carbonyl (C=O) groups is 1. The number of fused-ring (bicyclic) bond motifs is 1. The van der Waals surface area contributed by atoms with E-state index in [2.05, 4.69) is 9.55 Å². The number of nitrogens with zero attached hydrogens (tertiary/aromatic N) is 3. The smallest absolute Gasteiger partial charge is 0.349 e. The van der Waals surface area contributed by atoms with Crippen molar-refractivity contribution in [3.05, 3.63) is 57.9 Å². The van der Waals surface area contributed by atoms with E-state index in [1.165, 1.54) is 11.3 Å². The molecule has 3 aromatic rings. The largest absolute Gasteiger partial charge is 0.454 e. The van der Waals surface area contributed by atoms with E-state index in [0.717, 1.165) is 53.2 Å². The van der Waals surface area contributed by atoms with Gasteiger partial charge in [0, 0.05) is 24.5 Å². The lowest BCUT2D eigenvalue weighted by molar-refractivity contribution is -0.139. The molecule has 0 amide bonds. The third-order valence-corrected chi connectivity index (χ3v) is 6.34. The lowest BCUT2D eigenvalue weighted by atomic mass is 10.1. The van der Waals surface area contributed by atoms with Crippen LogP contribution >= 0.6 is 11.3 Å². The second kappa shape index (κ2) is 8.82. The molecular formula is C23H23N3O3S. The van der Waals surface area contributed by atoms with E-state index in [1.807, 2.05) is 50.2 Å². The summed E-state index contributed by atoms with van der Waals surface area (Å²) in [5, 5.41) is 10.2. The number of aromatic nitrogens is 2. The summed E-state index contributed by atoms with van der Waals surface area (Å²) in [5.41, 5.74) is 3.79. The van der Waals surface area contributed by atoms with Crippen molar-refractivity contribution in [2.75, 3.05) is 6.61 Å². The summed E-state index contributed by atoms with van der Waals surface area (Å²) in [5.74, 6) is -0.638. The predicted octanol–water partition coefficient (Wildman–Crippen LogP) is 4.54. The molecule has 1 aliphatic rings. The summed E-state index contributed by atoms with van der Waals surface area (Å²) in [6, 6.07) is 11.7. The Morgan fingerprint density at radius 1 is 1.43 bits per heavy atom. The van der Waals surface area contributed by atoms with E-state index in [1.54, 1.807) is 6.08 Å². The molecule has 0 spiro atoms. The highest BCUT2D eigenvalue weighted by molar-refractivity contribution is 7.18. The quantitative estimate of drug-likeness (QED) is 0.332. The molecule has 2 aromatic heterocycles. The Kier molecular flexibility index (Phi) is 5.98. The molecule has 4 rings (SSSR count). The van der Waals surface area contributed by atoms with Crippen molar-refractivity contribution in [2.45, 2.75) is 45.9 Å². The first-order chi connectivity index (χ1) is 14.5. The highest BCUT2D eigenvalue weighted by Gasteiger charge is 2.19. The van der Waals surface area contributed by atoms with Crippen LogP contribution in [0.1, 0.15) is 34.8 Å². The molecule has 1 aromatic carbocycles. The molecular weight excluding hydrogens is 398 g/mol. The van der Waals surface area contributed by atoms with Crippen molar-refractivity contribution in [2.24, 2.45) is 0 Å². The van der Waals surface area contributed by atoms with Gasteiger partial charge in [-0.1, -0.05) is 12.1 Å². The monoisotopic (exact) mass is 421 g/mol. The number of thiazole rings is 1. The Labute approximate surface area is 179 Å². The van der Waals surface area contributed by atoms with Gasteiger partial charge in [0.2, 0.25) is 0 Å². The second-order valence-electron chi connectivity index (χ2n) is 7.39. The van der Waals surface area contributed by atoms with Gasteiger partial charge in [-0.15, -0.1) is 11.3 Å². The van der Waals surface area contributed by atoms with Crippen LogP contribution in [0, 0.1) is 25.2 Å². The van der Waals surface area contributed by atoms with Crippen molar-refractivity contribution < 1.29 is 14.3 Å². The zero-order valence-corrected chi connectivity index (χ0v) is 17.9. The zero-order chi connectivity index (χ0) is 21.1. The van der Waals surface area contributed by atoms with Crippen LogP contribution < -0.4 is 0 Å². The average Bonchev–Trinajstić information content (AvgIpc) is 3.46. The average molecular weight is 422 g/mol. The summed E-state index contributed by atoms with van der Waals surface area (Å²) in [6.07, 6.45) is 3.98. The van der Waals surface area contributed by atoms with E-state index in [0.29, 0.717) is 5.01 Å². The third kappa shape index (κ3) is 4.30.